The van der Waals surface area contributed by atoms with Crippen molar-refractivity contribution in [3.8, 4) is 0 Å². The second kappa shape index (κ2) is 6.09. The molecule has 0 aliphatic heterocycles. The van der Waals surface area contributed by atoms with Gasteiger partial charge >= 0.3 is 0 Å². The van der Waals surface area contributed by atoms with Gasteiger partial charge in [0.05, 0.1) is 6.20 Å². The SMILES string of the molecule is CCn1cc(CSCC(C)CN)cn1. The maximum absolute atomic E-state index is 5.55. The van der Waals surface area contributed by atoms with E-state index in [0.29, 0.717) is 5.92 Å². The van der Waals surface area contributed by atoms with Gasteiger partial charge in [0.15, 0.2) is 0 Å². The fraction of sp³-hybridized carbons (Fsp3) is 0.700. The minimum absolute atomic E-state index is 0.612. The molecule has 1 atom stereocenters. The number of hydrogen-bond donors (Lipinski definition) is 1. The van der Waals surface area contributed by atoms with Gasteiger partial charge in [-0.2, -0.15) is 16.9 Å². The lowest BCUT2D eigenvalue weighted by atomic mass is 10.2. The topological polar surface area (TPSA) is 43.8 Å². The summed E-state index contributed by atoms with van der Waals surface area (Å²) in [5.74, 6) is 2.79. The smallest absolute Gasteiger partial charge is 0.0530 e. The van der Waals surface area contributed by atoms with Crippen LogP contribution in [-0.4, -0.2) is 22.1 Å². The highest BCUT2D eigenvalue weighted by Gasteiger charge is 2.01. The van der Waals surface area contributed by atoms with Crippen molar-refractivity contribution < 1.29 is 0 Å². The Morgan fingerprint density at radius 3 is 3.00 bits per heavy atom. The van der Waals surface area contributed by atoms with E-state index in [2.05, 4.69) is 25.1 Å². The van der Waals surface area contributed by atoms with E-state index in [1.807, 2.05) is 22.6 Å². The number of aromatic nitrogens is 2. The van der Waals surface area contributed by atoms with Crippen LogP contribution in [0.15, 0.2) is 12.4 Å². The molecule has 14 heavy (non-hydrogen) atoms. The van der Waals surface area contributed by atoms with Gasteiger partial charge in [0.25, 0.3) is 0 Å². The number of hydrogen-bond acceptors (Lipinski definition) is 3. The maximum Gasteiger partial charge on any atom is 0.0530 e. The Bertz CT molecular complexity index is 260. The molecular weight excluding hydrogens is 194 g/mol. The van der Waals surface area contributed by atoms with Gasteiger partial charge in [-0.3, -0.25) is 4.68 Å². The van der Waals surface area contributed by atoms with Crippen LogP contribution in [0, 0.1) is 5.92 Å². The van der Waals surface area contributed by atoms with Crippen LogP contribution in [0.5, 0.6) is 0 Å². The molecule has 0 fully saturated rings. The number of aryl methyl sites for hydroxylation is 1. The van der Waals surface area contributed by atoms with Crippen LogP contribution in [0.3, 0.4) is 0 Å². The molecule has 0 saturated heterocycles. The summed E-state index contributed by atoms with van der Waals surface area (Å²) >= 11 is 1.93. The highest BCUT2D eigenvalue weighted by Crippen LogP contribution is 2.14. The summed E-state index contributed by atoms with van der Waals surface area (Å²) in [5.41, 5.74) is 6.85. The van der Waals surface area contributed by atoms with Crippen molar-refractivity contribution in [2.45, 2.75) is 26.1 Å². The van der Waals surface area contributed by atoms with Crippen molar-refractivity contribution >= 4 is 11.8 Å². The zero-order chi connectivity index (χ0) is 10.4. The van der Waals surface area contributed by atoms with E-state index < -0.39 is 0 Å². The quantitative estimate of drug-likeness (QED) is 0.782. The third-order valence-electron chi connectivity index (χ3n) is 2.08. The van der Waals surface area contributed by atoms with E-state index in [4.69, 9.17) is 5.73 Å². The highest BCUT2D eigenvalue weighted by atomic mass is 32.2. The molecule has 4 heteroatoms. The predicted molar refractivity (Wildman–Crippen MR) is 62.3 cm³/mol. The highest BCUT2D eigenvalue weighted by molar-refractivity contribution is 7.98. The Hall–Kier alpha value is -0.480. The molecule has 0 bridgehead atoms. The number of nitrogens with two attached hydrogens (primary N) is 1. The van der Waals surface area contributed by atoms with Crippen molar-refractivity contribution in [3.05, 3.63) is 18.0 Å². The van der Waals surface area contributed by atoms with Crippen LogP contribution in [0.25, 0.3) is 0 Å². The molecule has 3 nitrogen and oxygen atoms in total. The molecule has 1 rings (SSSR count). The second-order valence-corrected chi connectivity index (χ2v) is 4.59. The molecule has 0 aliphatic carbocycles. The van der Waals surface area contributed by atoms with E-state index in [-0.39, 0.29) is 0 Å². The van der Waals surface area contributed by atoms with Gasteiger partial charge in [-0.25, -0.2) is 0 Å². The number of thioether (sulfide) groups is 1. The van der Waals surface area contributed by atoms with Crippen molar-refractivity contribution in [2.24, 2.45) is 11.7 Å². The Labute approximate surface area is 90.1 Å². The Morgan fingerprint density at radius 2 is 2.43 bits per heavy atom. The first-order valence-electron chi connectivity index (χ1n) is 5.05. The third kappa shape index (κ3) is 3.72. The molecule has 0 spiro atoms. The molecule has 80 valence electrons. The lowest BCUT2D eigenvalue weighted by Gasteiger charge is -2.06. The summed E-state index contributed by atoms with van der Waals surface area (Å²) in [6.07, 6.45) is 4.06. The fourth-order valence-electron chi connectivity index (χ4n) is 1.10. The maximum atomic E-state index is 5.55. The molecular formula is C10H19N3S. The van der Waals surface area contributed by atoms with Crippen LogP contribution in [0.4, 0.5) is 0 Å². The van der Waals surface area contributed by atoms with Crippen molar-refractivity contribution in [2.75, 3.05) is 12.3 Å². The molecule has 0 aliphatic rings. The normalized spacial score (nSPS) is 13.1. The average Bonchev–Trinajstić information content (AvgIpc) is 2.65. The monoisotopic (exact) mass is 213 g/mol. The Balaban J connectivity index is 2.24. The first-order valence-corrected chi connectivity index (χ1v) is 6.20. The lowest BCUT2D eigenvalue weighted by Crippen LogP contribution is -2.12. The molecule has 1 heterocycles. The zero-order valence-electron chi connectivity index (χ0n) is 8.94. The fourth-order valence-corrected chi connectivity index (χ4v) is 2.14. The first kappa shape index (κ1) is 11.6. The largest absolute Gasteiger partial charge is 0.330 e. The zero-order valence-corrected chi connectivity index (χ0v) is 9.76. The van der Waals surface area contributed by atoms with E-state index in [0.717, 1.165) is 24.6 Å². The van der Waals surface area contributed by atoms with Crippen LogP contribution in [0.1, 0.15) is 19.4 Å². The molecule has 1 aromatic heterocycles. The summed E-state index contributed by atoms with van der Waals surface area (Å²) in [4.78, 5) is 0. The molecule has 0 radical (unpaired) electrons. The van der Waals surface area contributed by atoms with Gasteiger partial charge in [-0.15, -0.1) is 0 Å². The van der Waals surface area contributed by atoms with E-state index in [9.17, 15) is 0 Å². The van der Waals surface area contributed by atoms with Crippen molar-refractivity contribution in [3.63, 3.8) is 0 Å². The lowest BCUT2D eigenvalue weighted by molar-refractivity contribution is 0.659. The van der Waals surface area contributed by atoms with Crippen LogP contribution < -0.4 is 5.73 Å². The molecule has 0 amide bonds. The van der Waals surface area contributed by atoms with Crippen molar-refractivity contribution in [1.29, 1.82) is 0 Å². The Morgan fingerprint density at radius 1 is 1.64 bits per heavy atom. The van der Waals surface area contributed by atoms with E-state index in [1.54, 1.807) is 0 Å². The van der Waals surface area contributed by atoms with E-state index >= 15 is 0 Å². The summed E-state index contributed by atoms with van der Waals surface area (Å²) in [7, 11) is 0. The summed E-state index contributed by atoms with van der Waals surface area (Å²) in [5, 5.41) is 4.23. The summed E-state index contributed by atoms with van der Waals surface area (Å²) < 4.78 is 1.96. The van der Waals surface area contributed by atoms with Gasteiger partial charge in [-0.1, -0.05) is 6.92 Å². The van der Waals surface area contributed by atoms with Crippen molar-refractivity contribution in [1.82, 2.24) is 9.78 Å². The third-order valence-corrected chi connectivity index (χ3v) is 3.43. The number of rotatable bonds is 6. The molecule has 1 unspecified atom stereocenters. The van der Waals surface area contributed by atoms with Gasteiger partial charge in [0.1, 0.15) is 0 Å². The standard InChI is InChI=1S/C10H19N3S/c1-3-13-6-10(5-12-13)8-14-7-9(2)4-11/h5-6,9H,3-4,7-8,11H2,1-2H3. The Kier molecular flexibility index (Phi) is 5.04. The first-order chi connectivity index (χ1) is 6.76. The van der Waals surface area contributed by atoms with Gasteiger partial charge < -0.3 is 5.73 Å². The minimum atomic E-state index is 0.612. The average molecular weight is 213 g/mol. The molecule has 2 N–H and O–H groups in total. The predicted octanol–water partition coefficient (Wildman–Crippen LogP) is 1.73. The molecule has 0 saturated carbocycles. The van der Waals surface area contributed by atoms with Crippen LogP contribution in [-0.2, 0) is 12.3 Å². The minimum Gasteiger partial charge on any atom is -0.330 e. The second-order valence-electron chi connectivity index (χ2n) is 3.56. The molecule has 0 aromatic carbocycles. The van der Waals surface area contributed by atoms with E-state index in [1.165, 1.54) is 5.56 Å². The van der Waals surface area contributed by atoms with Gasteiger partial charge in [0, 0.05) is 18.5 Å². The summed E-state index contributed by atoms with van der Waals surface area (Å²) in [6.45, 7) is 6.01. The number of nitrogens with zero attached hydrogens (tertiary/aromatic N) is 2. The van der Waals surface area contributed by atoms with Crippen LogP contribution in [0.2, 0.25) is 0 Å². The van der Waals surface area contributed by atoms with Gasteiger partial charge in [-0.05, 0) is 30.7 Å². The van der Waals surface area contributed by atoms with Crippen LogP contribution >= 0.6 is 11.8 Å². The molecule has 1 aromatic rings. The summed E-state index contributed by atoms with van der Waals surface area (Å²) in [6, 6.07) is 0. The van der Waals surface area contributed by atoms with Gasteiger partial charge in [0.2, 0.25) is 0 Å².